The zero-order chi connectivity index (χ0) is 11.3. The summed E-state index contributed by atoms with van der Waals surface area (Å²) >= 11 is 0. The molecule has 1 atom stereocenters. The molecule has 0 spiro atoms. The Morgan fingerprint density at radius 3 is 2.73 bits per heavy atom. The quantitative estimate of drug-likeness (QED) is 0.573. The molecule has 1 aromatic rings. The second-order valence-electron chi connectivity index (χ2n) is 3.79. The molecule has 0 aliphatic rings. The summed E-state index contributed by atoms with van der Waals surface area (Å²) in [5.41, 5.74) is 6.70. The average molecular weight is 208 g/mol. The molecule has 0 fully saturated rings. The van der Waals surface area contributed by atoms with Gasteiger partial charge in [-0.2, -0.15) is 0 Å². The molecule has 0 saturated heterocycles. The largest absolute Gasteiger partial charge is 0.385 e. The number of hydrogen-bond acceptors (Lipinski definition) is 3. The van der Waals surface area contributed by atoms with Crippen molar-refractivity contribution >= 4 is 0 Å². The van der Waals surface area contributed by atoms with Crippen LogP contribution in [0.15, 0.2) is 18.2 Å². The first-order chi connectivity index (χ1) is 7.20. The number of ether oxygens (including phenoxy) is 1. The molecular weight excluding hydrogens is 188 g/mol. The maximum atomic E-state index is 5.56. The maximum absolute atomic E-state index is 5.56. The van der Waals surface area contributed by atoms with Crippen LogP contribution in [-0.4, -0.2) is 13.7 Å². The molecule has 3 heteroatoms. The zero-order valence-corrected chi connectivity index (χ0v) is 9.71. The second-order valence-corrected chi connectivity index (χ2v) is 3.79. The minimum Gasteiger partial charge on any atom is -0.385 e. The van der Waals surface area contributed by atoms with E-state index in [0.29, 0.717) is 6.61 Å². The minimum atomic E-state index is 0.171. The average Bonchev–Trinajstić information content (AvgIpc) is 2.25. The Balaban J connectivity index is 2.86. The fraction of sp³-hybridized carbons (Fsp3) is 0.500. The van der Waals surface area contributed by atoms with Gasteiger partial charge in [0.05, 0.1) is 0 Å². The summed E-state index contributed by atoms with van der Waals surface area (Å²) in [7, 11) is 1.71. The molecule has 0 aliphatic heterocycles. The Morgan fingerprint density at radius 1 is 1.40 bits per heavy atom. The van der Waals surface area contributed by atoms with Gasteiger partial charge in [0.15, 0.2) is 0 Å². The van der Waals surface area contributed by atoms with Gasteiger partial charge >= 0.3 is 0 Å². The molecular formula is C12H20N2O. The number of aryl methyl sites for hydroxylation is 1. The van der Waals surface area contributed by atoms with Gasteiger partial charge in [0.1, 0.15) is 0 Å². The second kappa shape index (κ2) is 5.85. The van der Waals surface area contributed by atoms with E-state index in [1.165, 1.54) is 16.7 Å². The highest BCUT2D eigenvalue weighted by Crippen LogP contribution is 2.22. The first-order valence-corrected chi connectivity index (χ1v) is 5.22. The predicted molar refractivity (Wildman–Crippen MR) is 62.5 cm³/mol. The molecule has 1 unspecified atom stereocenters. The Bertz CT molecular complexity index is 312. The number of nitrogens with one attached hydrogen (secondary N) is 1. The van der Waals surface area contributed by atoms with Crippen molar-refractivity contribution in [2.75, 3.05) is 13.7 Å². The maximum Gasteiger partial charge on any atom is 0.0484 e. The van der Waals surface area contributed by atoms with Crippen LogP contribution in [0.5, 0.6) is 0 Å². The van der Waals surface area contributed by atoms with Crippen LogP contribution in [0, 0.1) is 13.8 Å². The van der Waals surface area contributed by atoms with Crippen LogP contribution in [0.4, 0.5) is 0 Å². The fourth-order valence-electron chi connectivity index (χ4n) is 1.72. The summed E-state index contributed by atoms with van der Waals surface area (Å²) in [6, 6.07) is 6.46. The van der Waals surface area contributed by atoms with Crippen molar-refractivity contribution in [1.29, 1.82) is 0 Å². The van der Waals surface area contributed by atoms with Crippen LogP contribution < -0.4 is 11.3 Å². The van der Waals surface area contributed by atoms with Gasteiger partial charge in [0.2, 0.25) is 0 Å². The van der Waals surface area contributed by atoms with E-state index in [9.17, 15) is 0 Å². The smallest absolute Gasteiger partial charge is 0.0484 e. The zero-order valence-electron chi connectivity index (χ0n) is 9.71. The lowest BCUT2D eigenvalue weighted by atomic mass is 9.96. The molecule has 1 aromatic carbocycles. The van der Waals surface area contributed by atoms with Gasteiger partial charge in [0, 0.05) is 19.8 Å². The summed E-state index contributed by atoms with van der Waals surface area (Å²) in [6.45, 7) is 4.95. The van der Waals surface area contributed by atoms with Gasteiger partial charge in [-0.15, -0.1) is 0 Å². The molecule has 0 radical (unpaired) electrons. The third-order valence-electron chi connectivity index (χ3n) is 2.83. The Labute approximate surface area is 91.6 Å². The van der Waals surface area contributed by atoms with Crippen LogP contribution in [-0.2, 0) is 4.74 Å². The summed E-state index contributed by atoms with van der Waals surface area (Å²) in [5.74, 6) is 5.56. The van der Waals surface area contributed by atoms with Crippen molar-refractivity contribution in [1.82, 2.24) is 5.43 Å². The molecule has 0 aliphatic carbocycles. The summed E-state index contributed by atoms with van der Waals surface area (Å²) in [6.07, 6.45) is 0.886. The third kappa shape index (κ3) is 3.02. The first kappa shape index (κ1) is 12.2. The Kier molecular flexibility index (Phi) is 4.75. The molecule has 0 heterocycles. The molecule has 1 rings (SSSR count). The van der Waals surface area contributed by atoms with E-state index in [1.54, 1.807) is 7.11 Å². The molecule has 0 saturated carbocycles. The van der Waals surface area contributed by atoms with E-state index < -0.39 is 0 Å². The molecule has 0 amide bonds. The molecule has 3 nitrogen and oxygen atoms in total. The highest BCUT2D eigenvalue weighted by Gasteiger charge is 2.12. The Morgan fingerprint density at radius 2 is 2.13 bits per heavy atom. The highest BCUT2D eigenvalue weighted by atomic mass is 16.5. The lowest BCUT2D eigenvalue weighted by Crippen LogP contribution is -2.29. The van der Waals surface area contributed by atoms with Gasteiger partial charge in [-0.05, 0) is 37.0 Å². The minimum absolute atomic E-state index is 0.171. The van der Waals surface area contributed by atoms with Crippen molar-refractivity contribution in [2.24, 2.45) is 5.84 Å². The molecule has 15 heavy (non-hydrogen) atoms. The van der Waals surface area contributed by atoms with Crippen LogP contribution in [0.1, 0.15) is 29.2 Å². The number of benzene rings is 1. The number of hydrogen-bond donors (Lipinski definition) is 2. The van der Waals surface area contributed by atoms with Gasteiger partial charge in [-0.1, -0.05) is 18.2 Å². The SMILES string of the molecule is COCCC(NN)c1cccc(C)c1C. The normalized spacial score (nSPS) is 12.8. The number of rotatable bonds is 5. The predicted octanol–water partition coefficient (Wildman–Crippen LogP) is 1.84. The Hall–Kier alpha value is -0.900. The van der Waals surface area contributed by atoms with Gasteiger partial charge in [-0.3, -0.25) is 11.3 Å². The third-order valence-corrected chi connectivity index (χ3v) is 2.83. The van der Waals surface area contributed by atoms with Crippen molar-refractivity contribution in [3.8, 4) is 0 Å². The van der Waals surface area contributed by atoms with Crippen molar-refractivity contribution in [2.45, 2.75) is 26.3 Å². The lowest BCUT2D eigenvalue weighted by Gasteiger charge is -2.19. The summed E-state index contributed by atoms with van der Waals surface area (Å²) in [5, 5.41) is 0. The van der Waals surface area contributed by atoms with Crippen molar-refractivity contribution in [3.63, 3.8) is 0 Å². The molecule has 0 bridgehead atoms. The first-order valence-electron chi connectivity index (χ1n) is 5.22. The van der Waals surface area contributed by atoms with Gasteiger partial charge in [-0.25, -0.2) is 0 Å². The van der Waals surface area contributed by atoms with Crippen LogP contribution >= 0.6 is 0 Å². The van der Waals surface area contributed by atoms with E-state index in [0.717, 1.165) is 6.42 Å². The van der Waals surface area contributed by atoms with Crippen LogP contribution in [0.25, 0.3) is 0 Å². The van der Waals surface area contributed by atoms with E-state index in [-0.39, 0.29) is 6.04 Å². The van der Waals surface area contributed by atoms with E-state index >= 15 is 0 Å². The van der Waals surface area contributed by atoms with Crippen molar-refractivity contribution in [3.05, 3.63) is 34.9 Å². The topological polar surface area (TPSA) is 47.3 Å². The van der Waals surface area contributed by atoms with E-state index in [2.05, 4.69) is 37.5 Å². The number of methoxy groups -OCH3 is 1. The van der Waals surface area contributed by atoms with Gasteiger partial charge in [0.25, 0.3) is 0 Å². The van der Waals surface area contributed by atoms with E-state index in [1.807, 2.05) is 0 Å². The monoisotopic (exact) mass is 208 g/mol. The lowest BCUT2D eigenvalue weighted by molar-refractivity contribution is 0.183. The van der Waals surface area contributed by atoms with Crippen LogP contribution in [0.3, 0.4) is 0 Å². The molecule has 84 valence electrons. The van der Waals surface area contributed by atoms with Crippen molar-refractivity contribution < 1.29 is 4.74 Å². The van der Waals surface area contributed by atoms with Gasteiger partial charge < -0.3 is 4.74 Å². The molecule has 3 N–H and O–H groups in total. The van der Waals surface area contributed by atoms with Crippen LogP contribution in [0.2, 0.25) is 0 Å². The van der Waals surface area contributed by atoms with E-state index in [4.69, 9.17) is 10.6 Å². The standard InChI is InChI=1S/C12H20N2O/c1-9-5-4-6-11(10(9)2)12(14-13)7-8-15-3/h4-6,12,14H,7-8,13H2,1-3H3. The highest BCUT2D eigenvalue weighted by molar-refractivity contribution is 5.35. The number of hydrazine groups is 1. The fourth-order valence-corrected chi connectivity index (χ4v) is 1.72. The summed E-state index contributed by atoms with van der Waals surface area (Å²) in [4.78, 5) is 0. The summed E-state index contributed by atoms with van der Waals surface area (Å²) < 4.78 is 5.07. The number of nitrogens with two attached hydrogens (primary N) is 1. The molecule has 0 aromatic heterocycles.